The summed E-state index contributed by atoms with van der Waals surface area (Å²) in [5.74, 6) is -0.486. The molecule has 1 saturated carbocycles. The molecule has 4 atom stereocenters. The number of aliphatic carboxylic acids is 1. The normalized spacial score (nSPS) is 25.3. The molecule has 0 spiro atoms. The average Bonchev–Trinajstić information content (AvgIpc) is 3.20. The summed E-state index contributed by atoms with van der Waals surface area (Å²) in [5.41, 5.74) is 3.55. The Kier molecular flexibility index (Phi) is 9.52. The van der Waals surface area contributed by atoms with Gasteiger partial charge in [0.15, 0.2) is 0 Å². The van der Waals surface area contributed by atoms with Crippen molar-refractivity contribution >= 4 is 5.97 Å². The van der Waals surface area contributed by atoms with Crippen molar-refractivity contribution in [1.29, 1.82) is 0 Å². The first-order valence-electron chi connectivity index (χ1n) is 13.2. The molecule has 2 aromatic rings. The van der Waals surface area contributed by atoms with Gasteiger partial charge in [-0.2, -0.15) is 0 Å². The minimum Gasteiger partial charge on any atom is -0.481 e. The molecular weight excluding hydrogens is 438 g/mol. The van der Waals surface area contributed by atoms with Gasteiger partial charge in [-0.15, -0.1) is 0 Å². The Labute approximate surface area is 209 Å². The topological polar surface area (TPSA) is 70.0 Å². The zero-order valence-corrected chi connectivity index (χ0v) is 20.6. The van der Waals surface area contributed by atoms with Crippen molar-refractivity contribution in [1.82, 2.24) is 4.90 Å². The molecule has 1 saturated heterocycles. The second-order valence-corrected chi connectivity index (χ2v) is 9.95. The van der Waals surface area contributed by atoms with E-state index in [-0.39, 0.29) is 30.6 Å². The molecule has 2 fully saturated rings. The molecule has 0 amide bonds. The van der Waals surface area contributed by atoms with Gasteiger partial charge in [-0.1, -0.05) is 73.2 Å². The van der Waals surface area contributed by atoms with Crippen LogP contribution in [-0.2, 0) is 16.1 Å². The molecule has 4 rings (SSSR count). The van der Waals surface area contributed by atoms with Crippen molar-refractivity contribution in [2.24, 2.45) is 5.92 Å². The Morgan fingerprint density at radius 1 is 0.943 bits per heavy atom. The number of nitrogens with zero attached hydrogens (tertiary/aromatic N) is 1. The minimum atomic E-state index is -0.760. The highest BCUT2D eigenvalue weighted by Crippen LogP contribution is 2.38. The van der Waals surface area contributed by atoms with Crippen LogP contribution >= 0.6 is 0 Å². The van der Waals surface area contributed by atoms with E-state index >= 15 is 0 Å². The molecule has 0 aromatic heterocycles. The van der Waals surface area contributed by atoms with Gasteiger partial charge in [-0.3, -0.25) is 9.69 Å². The quantitative estimate of drug-likeness (QED) is 0.408. The highest BCUT2D eigenvalue weighted by atomic mass is 16.5. The second-order valence-electron chi connectivity index (χ2n) is 9.95. The Morgan fingerprint density at radius 2 is 1.63 bits per heavy atom. The summed E-state index contributed by atoms with van der Waals surface area (Å²) >= 11 is 0. The molecule has 1 heterocycles. The molecule has 2 aromatic carbocycles. The lowest BCUT2D eigenvalue weighted by atomic mass is 9.92. The molecule has 0 unspecified atom stereocenters. The second kappa shape index (κ2) is 13.0. The summed E-state index contributed by atoms with van der Waals surface area (Å²) in [4.78, 5) is 13.2. The molecule has 188 valence electrons. The number of likely N-dealkylation sites (tertiary alicyclic amines) is 1. The van der Waals surface area contributed by atoms with Gasteiger partial charge in [0.05, 0.1) is 18.8 Å². The van der Waals surface area contributed by atoms with Crippen LogP contribution < -0.4 is 0 Å². The average molecular weight is 478 g/mol. The van der Waals surface area contributed by atoms with Crippen LogP contribution in [0.3, 0.4) is 0 Å². The predicted molar refractivity (Wildman–Crippen MR) is 139 cm³/mol. The Balaban J connectivity index is 1.37. The molecule has 5 heteroatoms. The number of allylic oxidation sites excluding steroid dienone is 2. The summed E-state index contributed by atoms with van der Waals surface area (Å²) in [7, 11) is 0. The van der Waals surface area contributed by atoms with E-state index in [4.69, 9.17) is 9.84 Å². The van der Waals surface area contributed by atoms with Crippen LogP contribution in [0.5, 0.6) is 0 Å². The van der Waals surface area contributed by atoms with Crippen LogP contribution in [0, 0.1) is 5.92 Å². The Morgan fingerprint density at radius 3 is 2.34 bits per heavy atom. The van der Waals surface area contributed by atoms with Gasteiger partial charge in [-0.05, 0) is 61.9 Å². The lowest BCUT2D eigenvalue weighted by Crippen LogP contribution is -2.47. The van der Waals surface area contributed by atoms with Crippen molar-refractivity contribution in [3.05, 3.63) is 72.3 Å². The monoisotopic (exact) mass is 477 g/mol. The van der Waals surface area contributed by atoms with Crippen molar-refractivity contribution in [2.45, 2.75) is 76.2 Å². The highest BCUT2D eigenvalue weighted by molar-refractivity contribution is 5.66. The van der Waals surface area contributed by atoms with E-state index in [1.807, 2.05) is 12.1 Å². The number of hydrogen-bond donors (Lipinski definition) is 2. The number of benzene rings is 2. The highest BCUT2D eigenvalue weighted by Gasteiger charge is 2.45. The zero-order chi connectivity index (χ0) is 24.5. The summed E-state index contributed by atoms with van der Waals surface area (Å²) in [6.07, 6.45) is 10.6. The number of carbonyl (C=O) groups is 1. The van der Waals surface area contributed by atoms with E-state index in [1.54, 1.807) is 0 Å². The van der Waals surface area contributed by atoms with Crippen molar-refractivity contribution < 1.29 is 19.7 Å². The van der Waals surface area contributed by atoms with Gasteiger partial charge in [0.25, 0.3) is 0 Å². The maximum absolute atomic E-state index is 11.0. The van der Waals surface area contributed by atoms with Gasteiger partial charge in [0.1, 0.15) is 0 Å². The fourth-order valence-electron chi connectivity index (χ4n) is 5.69. The third-order valence-electron chi connectivity index (χ3n) is 7.48. The number of aliphatic hydroxyl groups is 1. The third-order valence-corrected chi connectivity index (χ3v) is 7.48. The summed E-state index contributed by atoms with van der Waals surface area (Å²) in [6, 6.07) is 19.1. The van der Waals surface area contributed by atoms with Gasteiger partial charge in [-0.25, -0.2) is 0 Å². The fraction of sp³-hybridized carbons (Fsp3) is 0.500. The molecular formula is C30H39NO4. The summed E-state index contributed by atoms with van der Waals surface area (Å²) in [5, 5.41) is 19.9. The van der Waals surface area contributed by atoms with Crippen LogP contribution in [-0.4, -0.2) is 52.4 Å². The van der Waals surface area contributed by atoms with E-state index in [0.717, 1.165) is 31.5 Å². The Bertz CT molecular complexity index is 937. The van der Waals surface area contributed by atoms with Crippen LogP contribution in [0.4, 0.5) is 0 Å². The first-order valence-corrected chi connectivity index (χ1v) is 13.2. The molecule has 0 radical (unpaired) electrons. The summed E-state index contributed by atoms with van der Waals surface area (Å²) < 4.78 is 6.46. The number of carboxylic acids is 1. The van der Waals surface area contributed by atoms with Gasteiger partial charge in [0, 0.05) is 24.8 Å². The van der Waals surface area contributed by atoms with E-state index in [1.165, 1.54) is 30.4 Å². The molecule has 1 aliphatic heterocycles. The van der Waals surface area contributed by atoms with Crippen molar-refractivity contribution in [2.75, 3.05) is 13.1 Å². The first-order chi connectivity index (χ1) is 17.1. The van der Waals surface area contributed by atoms with Crippen LogP contribution in [0.1, 0.15) is 56.9 Å². The number of carboxylic acid groups (broad SMARTS) is 1. The van der Waals surface area contributed by atoms with Crippen LogP contribution in [0.15, 0.2) is 66.7 Å². The predicted octanol–water partition coefficient (Wildman–Crippen LogP) is 5.68. The number of ether oxygens (including phenoxy) is 1. The van der Waals surface area contributed by atoms with Crippen LogP contribution in [0.2, 0.25) is 0 Å². The number of hydrogen-bond acceptors (Lipinski definition) is 4. The van der Waals surface area contributed by atoms with Gasteiger partial charge in [0.2, 0.25) is 0 Å². The number of rotatable bonds is 11. The smallest absolute Gasteiger partial charge is 0.303 e. The van der Waals surface area contributed by atoms with E-state index in [9.17, 15) is 9.90 Å². The molecule has 2 N–H and O–H groups in total. The lowest BCUT2D eigenvalue weighted by Gasteiger charge is -2.38. The fourth-order valence-corrected chi connectivity index (χ4v) is 5.69. The largest absolute Gasteiger partial charge is 0.481 e. The summed E-state index contributed by atoms with van der Waals surface area (Å²) in [6.45, 7) is 2.66. The Hall–Kier alpha value is -2.47. The van der Waals surface area contributed by atoms with Gasteiger partial charge < -0.3 is 14.9 Å². The van der Waals surface area contributed by atoms with E-state index in [0.29, 0.717) is 19.4 Å². The molecule has 35 heavy (non-hydrogen) atoms. The minimum absolute atomic E-state index is 0.0261. The number of piperidine rings is 1. The standard InChI is InChI=1S/C30H39NO4/c32-27-21-28(35-22-23-15-17-25(18-16-23)24-11-5-3-6-12-24)26(13-7-1-2-8-14-29(33)34)30(27)31-19-9-4-10-20-31/h1-3,5-6,11-12,15-18,26-28,30,32H,4,7-10,13-14,19-22H2,(H,33,34)/t26-,27+,28-,30+/m0/s1. The maximum Gasteiger partial charge on any atom is 0.303 e. The SMILES string of the molecule is O=C(O)CCC=CCC[C@@H]1[C@@H](N2CCCCC2)[C@H](O)C[C@@H]1OCc1ccc(-c2ccccc2)cc1. The lowest BCUT2D eigenvalue weighted by molar-refractivity contribution is -0.136. The van der Waals surface area contributed by atoms with Crippen molar-refractivity contribution in [3.63, 3.8) is 0 Å². The first kappa shape index (κ1) is 25.6. The zero-order valence-electron chi connectivity index (χ0n) is 20.6. The van der Waals surface area contributed by atoms with Gasteiger partial charge >= 0.3 is 5.97 Å². The maximum atomic E-state index is 11.0. The molecule has 2 aliphatic rings. The third kappa shape index (κ3) is 7.26. The molecule has 5 nitrogen and oxygen atoms in total. The van der Waals surface area contributed by atoms with E-state index in [2.05, 4.69) is 59.5 Å². The van der Waals surface area contributed by atoms with E-state index < -0.39 is 5.97 Å². The number of aliphatic hydroxyl groups excluding tert-OH is 1. The molecule has 1 aliphatic carbocycles. The molecule has 0 bridgehead atoms. The van der Waals surface area contributed by atoms with Crippen molar-refractivity contribution in [3.8, 4) is 11.1 Å². The van der Waals surface area contributed by atoms with Crippen LogP contribution in [0.25, 0.3) is 11.1 Å².